The molecule has 6 nitrogen and oxygen atoms in total. The Hall–Kier alpha value is -6.43. The molecule has 6 aromatic rings. The first-order valence-electron chi connectivity index (χ1n) is 20.7. The minimum atomic E-state index is -0.968. The predicted octanol–water partition coefficient (Wildman–Crippen LogP) is 9.90. The summed E-state index contributed by atoms with van der Waals surface area (Å²) in [5.41, 5.74) is 1.42. The molecule has 65 heavy (non-hydrogen) atoms. The molecular formula is C54H44F4N4O2Ti. The van der Waals surface area contributed by atoms with Crippen LogP contribution in [0.3, 0.4) is 0 Å². The van der Waals surface area contributed by atoms with E-state index >= 15 is 0 Å². The van der Waals surface area contributed by atoms with Crippen LogP contribution in [0.15, 0.2) is 182 Å². The summed E-state index contributed by atoms with van der Waals surface area (Å²) in [5, 5.41) is 6.31. The molecule has 2 aliphatic heterocycles. The van der Waals surface area contributed by atoms with Crippen molar-refractivity contribution < 1.29 is 48.9 Å². The normalized spacial score (nSPS) is 16.3. The van der Waals surface area contributed by atoms with Gasteiger partial charge in [0.25, 0.3) is 0 Å². The van der Waals surface area contributed by atoms with Crippen LogP contribution in [0.4, 0.5) is 28.9 Å². The Morgan fingerprint density at radius 1 is 0.462 bits per heavy atom. The minimum absolute atomic E-state index is 0. The standard InChI is InChI=1S/2C22H17F2N2O.2C5H5.Ti/c2*23-18-11-12-20(19(24)13-18)26-21(27)14-25-15-22(26,16-7-3-1-4-8-16)17-9-5-2-6-10-17;2*1-2-4-5-3-1;/h2*1-12,25H,14-15H2;2*1-3H,4H2;/q4*-1;+4. The van der Waals surface area contributed by atoms with E-state index in [-0.39, 0.29) is 58.0 Å². The molecule has 0 saturated carbocycles. The number of nitrogens with zero attached hydrogens (tertiary/aromatic N) is 2. The Labute approximate surface area is 392 Å². The molecule has 0 radical (unpaired) electrons. The summed E-state index contributed by atoms with van der Waals surface area (Å²) >= 11 is 0. The number of halogens is 4. The van der Waals surface area contributed by atoms with Crippen LogP contribution >= 0.6 is 0 Å². The van der Waals surface area contributed by atoms with Crippen LogP contribution in [0, 0.1) is 47.6 Å². The molecule has 10 rings (SSSR count). The van der Waals surface area contributed by atoms with Gasteiger partial charge in [0.15, 0.2) is 0 Å². The third-order valence-corrected chi connectivity index (χ3v) is 10.9. The molecule has 0 atom stereocenters. The second-order valence-electron chi connectivity index (χ2n) is 14.9. The Kier molecular flexibility index (Phi) is 17.0. The van der Waals surface area contributed by atoms with Crippen molar-refractivity contribution in [2.45, 2.75) is 23.9 Å². The van der Waals surface area contributed by atoms with Gasteiger partial charge in [0.1, 0.15) is 0 Å². The van der Waals surface area contributed by atoms with Crippen molar-refractivity contribution in [1.82, 2.24) is 10.6 Å². The van der Waals surface area contributed by atoms with Gasteiger partial charge in [0, 0.05) is 36.4 Å². The summed E-state index contributed by atoms with van der Waals surface area (Å²) in [6.07, 6.45) is 20.0. The smallest absolute Gasteiger partial charge is 0.348 e. The fraction of sp³-hybridized carbons (Fsp3) is 0.148. The summed E-state index contributed by atoms with van der Waals surface area (Å²) in [7, 11) is 0. The quantitative estimate of drug-likeness (QED) is 0.0994. The maximum atomic E-state index is 14.7. The van der Waals surface area contributed by atoms with E-state index in [0.717, 1.165) is 47.2 Å². The first-order chi connectivity index (χ1) is 31.3. The monoisotopic (exact) mass is 904 g/mol. The van der Waals surface area contributed by atoms with E-state index in [2.05, 4.69) is 34.9 Å². The molecular weight excluding hydrogens is 860 g/mol. The number of allylic oxidation sites excluding steroid dienone is 8. The van der Waals surface area contributed by atoms with Crippen LogP contribution in [-0.4, -0.2) is 38.0 Å². The maximum absolute atomic E-state index is 14.7. The number of benzene rings is 6. The van der Waals surface area contributed by atoms with Crippen LogP contribution in [0.25, 0.3) is 0 Å². The molecule has 0 bridgehead atoms. The van der Waals surface area contributed by atoms with E-state index in [0.29, 0.717) is 13.1 Å². The van der Waals surface area contributed by atoms with Crippen LogP contribution in [0.1, 0.15) is 35.1 Å². The third-order valence-electron chi connectivity index (χ3n) is 10.9. The fourth-order valence-corrected chi connectivity index (χ4v) is 8.13. The van der Waals surface area contributed by atoms with Gasteiger partial charge in [-0.2, -0.15) is 12.2 Å². The molecule has 6 aromatic carbocycles. The Morgan fingerprint density at radius 2 is 0.785 bits per heavy atom. The molecule has 0 unspecified atom stereocenters. The van der Waals surface area contributed by atoms with Crippen molar-refractivity contribution in [3.8, 4) is 0 Å². The Morgan fingerprint density at radius 3 is 1.03 bits per heavy atom. The molecule has 324 valence electrons. The van der Waals surface area contributed by atoms with Gasteiger partial charge in [-0.05, 0) is 33.6 Å². The average Bonchev–Trinajstić information content (AvgIpc) is 4.13. The van der Waals surface area contributed by atoms with E-state index in [1.807, 2.05) is 158 Å². The summed E-state index contributed by atoms with van der Waals surface area (Å²) in [5.74, 6) is -3.98. The van der Waals surface area contributed by atoms with Gasteiger partial charge >= 0.3 is 21.7 Å². The van der Waals surface area contributed by atoms with Crippen molar-refractivity contribution in [3.05, 3.63) is 252 Å². The van der Waals surface area contributed by atoms with Gasteiger partial charge in [-0.3, -0.25) is 21.7 Å². The summed E-state index contributed by atoms with van der Waals surface area (Å²) in [6.45, 7) is 0.920. The summed E-state index contributed by atoms with van der Waals surface area (Å²) in [6, 6.07) is 46.8. The number of carbonyl (C=O) groups excluding carboxylic acids is 2. The van der Waals surface area contributed by atoms with Gasteiger partial charge in [-0.25, -0.2) is 41.9 Å². The molecule has 4 aliphatic rings. The fourth-order valence-electron chi connectivity index (χ4n) is 8.13. The SMILES string of the molecule is O=C1CNCC(c2ccccc2)(c2ccccc2)N1c1ccc(F)[c-]c1F.O=C1CNCC(c2ccccc2)(c2ccccc2)N1c1ccc(F)[c-]c1F.[C-]1=CC=CC1.[C-]1=CC=CC1.[Ti+4]. The van der Waals surface area contributed by atoms with Gasteiger partial charge in [-0.15, -0.1) is 49.2 Å². The van der Waals surface area contributed by atoms with Crippen LogP contribution in [-0.2, 0) is 42.4 Å². The van der Waals surface area contributed by atoms with Crippen LogP contribution in [0.2, 0.25) is 0 Å². The molecule has 2 amide bonds. The summed E-state index contributed by atoms with van der Waals surface area (Å²) in [4.78, 5) is 28.8. The molecule has 2 aliphatic carbocycles. The topological polar surface area (TPSA) is 64.7 Å². The number of nitrogens with one attached hydrogen (secondary N) is 2. The molecule has 2 heterocycles. The van der Waals surface area contributed by atoms with E-state index in [1.54, 1.807) is 0 Å². The molecule has 2 saturated heterocycles. The van der Waals surface area contributed by atoms with Gasteiger partial charge in [-0.1, -0.05) is 121 Å². The Balaban J connectivity index is 0.000000175. The number of hydrogen-bond acceptors (Lipinski definition) is 4. The van der Waals surface area contributed by atoms with Gasteiger partial charge in [0.05, 0.1) is 24.2 Å². The number of amides is 2. The predicted molar refractivity (Wildman–Crippen MR) is 242 cm³/mol. The number of rotatable bonds is 6. The third kappa shape index (κ3) is 10.9. The Bertz CT molecular complexity index is 2340. The number of piperazine rings is 2. The van der Waals surface area contributed by atoms with Crippen molar-refractivity contribution >= 4 is 23.2 Å². The molecule has 0 aromatic heterocycles. The largest absolute Gasteiger partial charge is 4.00 e. The number of hydrogen-bond donors (Lipinski definition) is 2. The summed E-state index contributed by atoms with van der Waals surface area (Å²) < 4.78 is 56.2. The van der Waals surface area contributed by atoms with Crippen molar-refractivity contribution in [2.24, 2.45) is 0 Å². The zero-order valence-corrected chi connectivity index (χ0v) is 36.8. The molecule has 2 fully saturated rings. The van der Waals surface area contributed by atoms with Crippen molar-refractivity contribution in [1.29, 1.82) is 0 Å². The van der Waals surface area contributed by atoms with Gasteiger partial charge in [0.2, 0.25) is 11.8 Å². The van der Waals surface area contributed by atoms with E-state index < -0.39 is 34.3 Å². The van der Waals surface area contributed by atoms with Crippen LogP contribution in [0.5, 0.6) is 0 Å². The minimum Gasteiger partial charge on any atom is -0.348 e. The van der Waals surface area contributed by atoms with E-state index in [1.165, 1.54) is 21.9 Å². The van der Waals surface area contributed by atoms with Crippen molar-refractivity contribution in [2.75, 3.05) is 36.0 Å². The van der Waals surface area contributed by atoms with Crippen molar-refractivity contribution in [3.63, 3.8) is 0 Å². The second-order valence-corrected chi connectivity index (χ2v) is 14.9. The van der Waals surface area contributed by atoms with E-state index in [4.69, 9.17) is 0 Å². The zero-order chi connectivity index (χ0) is 44.8. The molecule has 2 N–H and O–H groups in total. The average molecular weight is 905 g/mol. The second kappa shape index (κ2) is 23.0. The van der Waals surface area contributed by atoms with Crippen LogP contribution < -0.4 is 20.4 Å². The zero-order valence-electron chi connectivity index (χ0n) is 35.3. The molecule has 11 heteroatoms. The number of carbonyl (C=O) groups is 2. The first kappa shape index (κ1) is 48.0. The molecule has 0 spiro atoms. The van der Waals surface area contributed by atoms with E-state index in [9.17, 15) is 27.2 Å². The van der Waals surface area contributed by atoms with Gasteiger partial charge < -0.3 is 20.4 Å². The maximum Gasteiger partial charge on any atom is 4.00 e. The number of anilines is 2. The first-order valence-corrected chi connectivity index (χ1v) is 20.7.